The lowest BCUT2D eigenvalue weighted by atomic mass is 10.1. The van der Waals surface area contributed by atoms with Crippen molar-refractivity contribution in [1.82, 2.24) is 9.97 Å². The normalized spacial score (nSPS) is 10.7. The first-order chi connectivity index (χ1) is 10.0. The monoisotopic (exact) mass is 287 g/mol. The Morgan fingerprint density at radius 2 is 1.81 bits per heavy atom. The molecule has 5 nitrogen and oxygen atoms in total. The average molecular weight is 287 g/mol. The maximum absolute atomic E-state index is 5.94. The molecule has 2 rings (SSSR count). The molecule has 2 N–H and O–H groups in total. The topological polar surface area (TPSA) is 70.3 Å². The van der Waals surface area contributed by atoms with Crippen LogP contribution in [0.4, 0.5) is 5.82 Å². The van der Waals surface area contributed by atoms with Crippen molar-refractivity contribution in [3.05, 3.63) is 40.7 Å². The highest BCUT2D eigenvalue weighted by Gasteiger charge is 2.10. The third kappa shape index (κ3) is 3.70. The number of nitrogen functional groups attached to an aromatic ring is 1. The maximum atomic E-state index is 5.94. The second-order valence-electron chi connectivity index (χ2n) is 4.94. The molecule has 1 aromatic heterocycles. The van der Waals surface area contributed by atoms with Crippen LogP contribution in [0.15, 0.2) is 18.2 Å². The van der Waals surface area contributed by atoms with E-state index in [0.29, 0.717) is 30.7 Å². The van der Waals surface area contributed by atoms with Crippen molar-refractivity contribution in [2.24, 2.45) is 0 Å². The molecule has 2 aromatic rings. The fraction of sp³-hybridized carbons (Fsp3) is 0.375. The summed E-state index contributed by atoms with van der Waals surface area (Å²) < 4.78 is 11.2. The van der Waals surface area contributed by atoms with E-state index in [1.165, 1.54) is 5.56 Å². The second-order valence-corrected chi connectivity index (χ2v) is 4.94. The summed E-state index contributed by atoms with van der Waals surface area (Å²) in [6.45, 7) is 8.94. The smallest absolute Gasteiger partial charge is 0.224 e. The van der Waals surface area contributed by atoms with Crippen molar-refractivity contribution in [2.45, 2.75) is 34.3 Å². The number of benzene rings is 1. The molecule has 0 bridgehead atoms. The van der Waals surface area contributed by atoms with Gasteiger partial charge < -0.3 is 15.2 Å². The molecule has 0 unspecified atom stereocenters. The highest BCUT2D eigenvalue weighted by molar-refractivity contribution is 5.47. The van der Waals surface area contributed by atoms with E-state index >= 15 is 0 Å². The fourth-order valence-electron chi connectivity index (χ4n) is 1.99. The molecule has 0 atom stereocenters. The maximum Gasteiger partial charge on any atom is 0.224 e. The van der Waals surface area contributed by atoms with Crippen molar-refractivity contribution in [3.8, 4) is 11.6 Å². The number of nitrogens with zero attached hydrogens (tertiary/aromatic N) is 2. The minimum atomic E-state index is 0.323. The van der Waals surface area contributed by atoms with E-state index in [0.717, 1.165) is 16.9 Å². The molecular formula is C16H21N3O2. The van der Waals surface area contributed by atoms with Crippen LogP contribution in [-0.4, -0.2) is 16.6 Å². The first kappa shape index (κ1) is 15.3. The molecule has 1 aromatic carbocycles. The quantitative estimate of drug-likeness (QED) is 0.913. The molecule has 0 spiro atoms. The number of nitrogens with two attached hydrogens (primary N) is 1. The number of anilines is 1. The first-order valence-corrected chi connectivity index (χ1v) is 6.97. The van der Waals surface area contributed by atoms with Crippen molar-refractivity contribution in [2.75, 3.05) is 12.3 Å². The molecule has 0 aliphatic heterocycles. The zero-order chi connectivity index (χ0) is 15.4. The van der Waals surface area contributed by atoms with Crippen LogP contribution in [-0.2, 0) is 11.3 Å². The molecule has 0 aliphatic carbocycles. The van der Waals surface area contributed by atoms with Crippen LogP contribution in [0.1, 0.15) is 29.4 Å². The van der Waals surface area contributed by atoms with Crippen molar-refractivity contribution in [1.29, 1.82) is 0 Å². The van der Waals surface area contributed by atoms with Gasteiger partial charge in [0.25, 0.3) is 0 Å². The lowest BCUT2D eigenvalue weighted by Crippen LogP contribution is -2.04. The van der Waals surface area contributed by atoms with Gasteiger partial charge in [0.05, 0.1) is 0 Å². The van der Waals surface area contributed by atoms with Crippen LogP contribution in [0.2, 0.25) is 0 Å². The van der Waals surface area contributed by atoms with Crippen LogP contribution in [0.3, 0.4) is 0 Å². The Morgan fingerprint density at radius 3 is 2.52 bits per heavy atom. The van der Waals surface area contributed by atoms with Crippen LogP contribution < -0.4 is 10.5 Å². The summed E-state index contributed by atoms with van der Waals surface area (Å²) in [7, 11) is 0. The van der Waals surface area contributed by atoms with Gasteiger partial charge in [0.2, 0.25) is 5.88 Å². The lowest BCUT2D eigenvalue weighted by molar-refractivity contribution is 0.128. The van der Waals surface area contributed by atoms with E-state index in [4.69, 9.17) is 15.2 Å². The molecule has 21 heavy (non-hydrogen) atoms. The molecule has 0 amide bonds. The van der Waals surface area contributed by atoms with E-state index in [1.807, 2.05) is 26.8 Å². The molecular weight excluding hydrogens is 266 g/mol. The van der Waals surface area contributed by atoms with Gasteiger partial charge in [-0.2, -0.15) is 4.98 Å². The zero-order valence-electron chi connectivity index (χ0n) is 12.9. The Balaban J connectivity index is 2.31. The van der Waals surface area contributed by atoms with Gasteiger partial charge >= 0.3 is 0 Å². The largest absolute Gasteiger partial charge is 0.438 e. The molecule has 0 fully saturated rings. The summed E-state index contributed by atoms with van der Waals surface area (Å²) in [5.41, 5.74) is 9.13. The number of aryl methyl sites for hydroxylation is 2. The Morgan fingerprint density at radius 1 is 1.10 bits per heavy atom. The average Bonchev–Trinajstić information content (AvgIpc) is 2.45. The fourth-order valence-corrected chi connectivity index (χ4v) is 1.99. The second kappa shape index (κ2) is 6.54. The highest BCUT2D eigenvalue weighted by atomic mass is 16.5. The summed E-state index contributed by atoms with van der Waals surface area (Å²) in [5.74, 6) is 2.15. The SMILES string of the molecule is CCOCc1nc(N)cc(Oc2c(C)ccc(C)c2C)n1. The third-order valence-electron chi connectivity index (χ3n) is 3.28. The first-order valence-electron chi connectivity index (χ1n) is 6.97. The van der Waals surface area contributed by atoms with E-state index in [2.05, 4.69) is 23.0 Å². The number of ether oxygens (including phenoxy) is 2. The summed E-state index contributed by atoms with van der Waals surface area (Å²) in [5, 5.41) is 0. The van der Waals surface area contributed by atoms with Crippen LogP contribution in [0, 0.1) is 20.8 Å². The Bertz CT molecular complexity index is 642. The molecule has 0 saturated carbocycles. The number of hydrogen-bond donors (Lipinski definition) is 1. The Kier molecular flexibility index (Phi) is 4.75. The van der Waals surface area contributed by atoms with Crippen LogP contribution in [0.25, 0.3) is 0 Å². The van der Waals surface area contributed by atoms with Gasteiger partial charge in [0.15, 0.2) is 5.82 Å². The van der Waals surface area contributed by atoms with E-state index in [9.17, 15) is 0 Å². The van der Waals surface area contributed by atoms with Crippen molar-refractivity contribution >= 4 is 5.82 Å². The van der Waals surface area contributed by atoms with Gasteiger partial charge in [-0.3, -0.25) is 0 Å². The summed E-state index contributed by atoms with van der Waals surface area (Å²) >= 11 is 0. The van der Waals surface area contributed by atoms with Gasteiger partial charge in [-0.05, 0) is 44.4 Å². The molecule has 112 valence electrons. The van der Waals surface area contributed by atoms with Crippen molar-refractivity contribution in [3.63, 3.8) is 0 Å². The van der Waals surface area contributed by atoms with Crippen LogP contribution in [0.5, 0.6) is 11.6 Å². The zero-order valence-corrected chi connectivity index (χ0v) is 12.9. The van der Waals surface area contributed by atoms with Gasteiger partial charge in [-0.1, -0.05) is 12.1 Å². The number of aromatic nitrogens is 2. The third-order valence-corrected chi connectivity index (χ3v) is 3.28. The number of rotatable bonds is 5. The molecule has 0 aliphatic rings. The summed E-state index contributed by atoms with van der Waals surface area (Å²) in [6.07, 6.45) is 0. The standard InChI is InChI=1S/C16H21N3O2/c1-5-20-9-14-18-13(17)8-15(19-14)21-16-11(3)7-6-10(2)12(16)4/h6-8H,5,9H2,1-4H3,(H2,17,18,19). The van der Waals surface area contributed by atoms with Gasteiger partial charge in [0.1, 0.15) is 18.2 Å². The minimum Gasteiger partial charge on any atom is -0.438 e. The summed E-state index contributed by atoms with van der Waals surface area (Å²) in [6, 6.07) is 5.73. The Hall–Kier alpha value is -2.14. The van der Waals surface area contributed by atoms with E-state index in [-0.39, 0.29) is 0 Å². The van der Waals surface area contributed by atoms with Crippen molar-refractivity contribution < 1.29 is 9.47 Å². The van der Waals surface area contributed by atoms with Gasteiger partial charge in [-0.15, -0.1) is 0 Å². The van der Waals surface area contributed by atoms with E-state index in [1.54, 1.807) is 6.07 Å². The predicted octanol–water partition coefficient (Wildman–Crippen LogP) is 3.31. The molecule has 0 radical (unpaired) electrons. The van der Waals surface area contributed by atoms with E-state index < -0.39 is 0 Å². The van der Waals surface area contributed by atoms with Gasteiger partial charge in [-0.25, -0.2) is 4.98 Å². The Labute approximate surface area is 125 Å². The predicted molar refractivity (Wildman–Crippen MR) is 82.5 cm³/mol. The highest BCUT2D eigenvalue weighted by Crippen LogP contribution is 2.30. The van der Waals surface area contributed by atoms with Crippen LogP contribution >= 0.6 is 0 Å². The summed E-state index contributed by atoms with van der Waals surface area (Å²) in [4.78, 5) is 8.48. The molecule has 0 saturated heterocycles. The van der Waals surface area contributed by atoms with Gasteiger partial charge in [0, 0.05) is 12.7 Å². The number of hydrogen-bond acceptors (Lipinski definition) is 5. The molecule has 5 heteroatoms. The lowest BCUT2D eigenvalue weighted by Gasteiger charge is -2.13. The minimum absolute atomic E-state index is 0.323. The molecule has 1 heterocycles.